The SMILES string of the molecule is C=CC(=O)Oc1cccc2c3ccccc3o[p+](=O)c12. The fourth-order valence-electron chi connectivity index (χ4n) is 2.06. The first-order valence-corrected chi connectivity index (χ1v) is 7.10. The van der Waals surface area contributed by atoms with E-state index in [2.05, 4.69) is 6.58 Å². The normalized spacial score (nSPS) is 11.5. The van der Waals surface area contributed by atoms with Crippen molar-refractivity contribution >= 4 is 35.1 Å². The monoisotopic (exact) mass is 285 g/mol. The molecule has 3 rings (SSSR count). The van der Waals surface area contributed by atoms with Gasteiger partial charge in [-0.25, -0.2) is 8.99 Å². The minimum absolute atomic E-state index is 0.239. The summed E-state index contributed by atoms with van der Waals surface area (Å²) in [7, 11) is -2.11. The number of hydrogen-bond acceptors (Lipinski definition) is 4. The van der Waals surface area contributed by atoms with Gasteiger partial charge in [0.1, 0.15) is 0 Å². The van der Waals surface area contributed by atoms with Crippen LogP contribution in [0.4, 0.5) is 0 Å². The Balaban J connectivity index is 2.40. The Morgan fingerprint density at radius 1 is 1.15 bits per heavy atom. The molecule has 0 radical (unpaired) electrons. The summed E-state index contributed by atoms with van der Waals surface area (Å²) >= 11 is 0. The molecule has 1 unspecified atom stereocenters. The van der Waals surface area contributed by atoms with Crippen LogP contribution in [0.25, 0.3) is 21.5 Å². The quantitative estimate of drug-likeness (QED) is 0.303. The van der Waals surface area contributed by atoms with Crippen LogP contribution < -0.4 is 4.74 Å². The van der Waals surface area contributed by atoms with E-state index in [9.17, 15) is 9.36 Å². The van der Waals surface area contributed by atoms with Crippen molar-refractivity contribution in [3.8, 4) is 5.75 Å². The molecule has 0 fully saturated rings. The minimum Gasteiger partial charge on any atom is -0.418 e. The molecule has 0 aliphatic carbocycles. The molecule has 5 heteroatoms. The molecular formula is C15H10O4P+. The van der Waals surface area contributed by atoms with Crippen LogP contribution in [0.1, 0.15) is 0 Å². The first-order chi connectivity index (χ1) is 9.70. The van der Waals surface area contributed by atoms with Gasteiger partial charge in [-0.3, -0.25) is 0 Å². The first-order valence-electron chi connectivity index (χ1n) is 5.92. The van der Waals surface area contributed by atoms with Crippen molar-refractivity contribution in [3.63, 3.8) is 0 Å². The second-order valence-electron chi connectivity index (χ2n) is 4.12. The molecule has 0 N–H and O–H groups in total. The van der Waals surface area contributed by atoms with Crippen molar-refractivity contribution in [2.45, 2.75) is 0 Å². The van der Waals surface area contributed by atoms with Gasteiger partial charge in [-0.2, -0.15) is 0 Å². The molecule has 0 bridgehead atoms. The molecule has 0 spiro atoms. The van der Waals surface area contributed by atoms with Crippen molar-refractivity contribution in [2.75, 3.05) is 0 Å². The van der Waals surface area contributed by atoms with Crippen LogP contribution in [0.3, 0.4) is 0 Å². The fraction of sp³-hybridized carbons (Fsp3) is 0. The van der Waals surface area contributed by atoms with Gasteiger partial charge in [0.2, 0.25) is 0 Å². The number of rotatable bonds is 2. The first kappa shape index (κ1) is 12.6. The molecule has 20 heavy (non-hydrogen) atoms. The molecule has 98 valence electrons. The van der Waals surface area contributed by atoms with Gasteiger partial charge in [-0.05, 0) is 22.8 Å². The number of ether oxygens (including phenoxy) is 1. The lowest BCUT2D eigenvalue weighted by molar-refractivity contribution is -0.128. The van der Waals surface area contributed by atoms with Gasteiger partial charge >= 0.3 is 13.6 Å². The van der Waals surface area contributed by atoms with E-state index in [1.54, 1.807) is 18.2 Å². The third-order valence-electron chi connectivity index (χ3n) is 2.92. The number of para-hydroxylation sites is 1. The number of benzene rings is 2. The second kappa shape index (κ2) is 4.91. The summed E-state index contributed by atoms with van der Waals surface area (Å²) in [6.07, 6.45) is 1.06. The van der Waals surface area contributed by atoms with E-state index >= 15 is 0 Å². The Morgan fingerprint density at radius 3 is 2.70 bits per heavy atom. The molecule has 1 aromatic heterocycles. The highest BCUT2D eigenvalue weighted by atomic mass is 31.1. The maximum Gasteiger partial charge on any atom is 0.601 e. The Bertz CT molecular complexity index is 895. The zero-order chi connectivity index (χ0) is 14.1. The van der Waals surface area contributed by atoms with Crippen molar-refractivity contribution in [2.24, 2.45) is 0 Å². The standard InChI is InChI=1S/C15H10O4P/c1-2-14(16)18-13-9-5-7-11-10-6-3-4-8-12(10)19-20(17)15(11)13/h2-9H,1H2/q+1. The topological polar surface area (TPSA) is 56.5 Å². The van der Waals surface area contributed by atoms with Crippen LogP contribution in [0.15, 0.2) is 59.3 Å². The van der Waals surface area contributed by atoms with Crippen LogP contribution in [-0.4, -0.2) is 5.97 Å². The molecule has 1 atom stereocenters. The fourth-order valence-corrected chi connectivity index (χ4v) is 3.19. The molecule has 0 saturated carbocycles. The molecule has 2 aromatic carbocycles. The number of fused-ring (bicyclic) bond motifs is 3. The van der Waals surface area contributed by atoms with Gasteiger partial charge in [-0.1, -0.05) is 30.8 Å². The lowest BCUT2D eigenvalue weighted by Gasteiger charge is -2.01. The van der Waals surface area contributed by atoms with Crippen molar-refractivity contribution in [1.82, 2.24) is 0 Å². The van der Waals surface area contributed by atoms with E-state index in [0.717, 1.165) is 16.8 Å². The Kier molecular flexibility index (Phi) is 3.09. The van der Waals surface area contributed by atoms with Gasteiger partial charge in [-0.15, -0.1) is 0 Å². The van der Waals surface area contributed by atoms with Gasteiger partial charge in [0.25, 0.3) is 5.12 Å². The van der Waals surface area contributed by atoms with E-state index in [1.807, 2.05) is 24.3 Å². The summed E-state index contributed by atoms with van der Waals surface area (Å²) < 4.78 is 22.8. The molecule has 0 amide bonds. The van der Waals surface area contributed by atoms with Crippen LogP contribution in [0.5, 0.6) is 5.75 Å². The van der Waals surface area contributed by atoms with E-state index < -0.39 is 13.6 Å². The Labute approximate surface area is 115 Å². The van der Waals surface area contributed by atoms with Gasteiger partial charge in [0, 0.05) is 16.8 Å². The number of esters is 1. The zero-order valence-electron chi connectivity index (χ0n) is 10.4. The Morgan fingerprint density at radius 2 is 1.90 bits per heavy atom. The van der Waals surface area contributed by atoms with Gasteiger partial charge in [0.15, 0.2) is 11.3 Å². The minimum atomic E-state index is -2.11. The van der Waals surface area contributed by atoms with E-state index in [1.165, 1.54) is 0 Å². The summed E-state index contributed by atoms with van der Waals surface area (Å²) in [5.74, 6) is -0.358. The molecule has 0 aliphatic heterocycles. The average Bonchev–Trinajstić information content (AvgIpc) is 2.47. The summed E-state index contributed by atoms with van der Waals surface area (Å²) in [6, 6.07) is 12.5. The Hall–Kier alpha value is -2.45. The number of carbonyl (C=O) groups excluding carboxylic acids is 1. The second-order valence-corrected chi connectivity index (χ2v) is 5.27. The number of hydrogen-bond donors (Lipinski definition) is 0. The zero-order valence-corrected chi connectivity index (χ0v) is 11.3. The van der Waals surface area contributed by atoms with Crippen LogP contribution in [0, 0.1) is 0 Å². The lowest BCUT2D eigenvalue weighted by atomic mass is 10.1. The van der Waals surface area contributed by atoms with Crippen LogP contribution in [0.2, 0.25) is 0 Å². The van der Waals surface area contributed by atoms with Crippen molar-refractivity contribution in [3.05, 3.63) is 55.1 Å². The maximum absolute atomic E-state index is 12.2. The van der Waals surface area contributed by atoms with Crippen LogP contribution >= 0.6 is 7.65 Å². The predicted molar refractivity (Wildman–Crippen MR) is 77.2 cm³/mol. The highest BCUT2D eigenvalue weighted by molar-refractivity contribution is 7.37. The molecule has 0 aliphatic rings. The highest BCUT2D eigenvalue weighted by Gasteiger charge is 2.22. The largest absolute Gasteiger partial charge is 0.601 e. The highest BCUT2D eigenvalue weighted by Crippen LogP contribution is 2.40. The predicted octanol–water partition coefficient (Wildman–Crippen LogP) is 4.42. The summed E-state index contributed by atoms with van der Waals surface area (Å²) in [4.78, 5) is 11.3. The average molecular weight is 285 g/mol. The maximum atomic E-state index is 12.2. The number of carbonyl (C=O) groups is 1. The third-order valence-corrected chi connectivity index (χ3v) is 4.11. The van der Waals surface area contributed by atoms with Crippen LogP contribution in [-0.2, 0) is 9.36 Å². The molecular weight excluding hydrogens is 275 g/mol. The summed E-state index contributed by atoms with van der Waals surface area (Å²) in [5.41, 5.74) is 0.563. The third kappa shape index (κ3) is 2.00. The summed E-state index contributed by atoms with van der Waals surface area (Å²) in [5, 5.41) is 1.98. The van der Waals surface area contributed by atoms with Gasteiger partial charge in [0.05, 0.1) is 0 Å². The van der Waals surface area contributed by atoms with E-state index in [4.69, 9.17) is 8.93 Å². The summed E-state index contributed by atoms with van der Waals surface area (Å²) in [6.45, 7) is 3.35. The molecule has 0 saturated heterocycles. The van der Waals surface area contributed by atoms with Crippen molar-refractivity contribution in [1.29, 1.82) is 0 Å². The molecule has 4 nitrogen and oxygen atoms in total. The lowest BCUT2D eigenvalue weighted by Crippen LogP contribution is -2.03. The van der Waals surface area contributed by atoms with Crippen molar-refractivity contribution < 1.29 is 18.3 Å². The molecule has 1 heterocycles. The van der Waals surface area contributed by atoms with E-state index in [-0.39, 0.29) is 5.75 Å². The molecule has 3 aromatic rings. The smallest absolute Gasteiger partial charge is 0.418 e. The van der Waals surface area contributed by atoms with E-state index in [0.29, 0.717) is 10.7 Å². The van der Waals surface area contributed by atoms with Gasteiger partial charge < -0.3 is 4.74 Å².